The summed E-state index contributed by atoms with van der Waals surface area (Å²) in [5.74, 6) is 0.736. The summed E-state index contributed by atoms with van der Waals surface area (Å²) in [5, 5.41) is 1.00. The standard InChI is InChI=1S/C8H7Cl3O2/c1-12-7-5(10)3-4(9)6(11)8(7)13-2/h3H,1-2H3. The van der Waals surface area contributed by atoms with Crippen molar-refractivity contribution >= 4 is 34.8 Å². The van der Waals surface area contributed by atoms with Crippen molar-refractivity contribution in [2.24, 2.45) is 0 Å². The molecule has 0 radical (unpaired) electrons. The summed E-state index contributed by atoms with van der Waals surface area (Å²) < 4.78 is 10.0. The van der Waals surface area contributed by atoms with Gasteiger partial charge in [-0.1, -0.05) is 34.8 Å². The van der Waals surface area contributed by atoms with E-state index in [9.17, 15) is 0 Å². The number of hydrogen-bond acceptors (Lipinski definition) is 2. The van der Waals surface area contributed by atoms with Crippen molar-refractivity contribution in [1.29, 1.82) is 0 Å². The highest BCUT2D eigenvalue weighted by Crippen LogP contribution is 2.44. The van der Waals surface area contributed by atoms with Crippen LogP contribution < -0.4 is 9.47 Å². The van der Waals surface area contributed by atoms with Gasteiger partial charge in [0.15, 0.2) is 11.5 Å². The summed E-state index contributed by atoms with van der Waals surface area (Å²) in [5.41, 5.74) is 0. The van der Waals surface area contributed by atoms with Crippen LogP contribution in [-0.2, 0) is 0 Å². The Kier molecular flexibility index (Phi) is 3.54. The predicted molar refractivity (Wildman–Crippen MR) is 54.6 cm³/mol. The minimum Gasteiger partial charge on any atom is -0.491 e. The number of rotatable bonds is 2. The molecule has 0 aliphatic heterocycles. The molecule has 0 N–H and O–H groups in total. The molecule has 0 fully saturated rings. The number of methoxy groups -OCH3 is 2. The van der Waals surface area contributed by atoms with Gasteiger partial charge in [0, 0.05) is 0 Å². The molecule has 72 valence electrons. The zero-order valence-corrected chi connectivity index (χ0v) is 9.30. The molecule has 0 saturated heterocycles. The van der Waals surface area contributed by atoms with Gasteiger partial charge in [-0.15, -0.1) is 0 Å². The lowest BCUT2D eigenvalue weighted by Crippen LogP contribution is -1.92. The third-order valence-electron chi connectivity index (χ3n) is 1.49. The third kappa shape index (κ3) is 1.96. The smallest absolute Gasteiger partial charge is 0.182 e. The average Bonchev–Trinajstić information content (AvgIpc) is 2.10. The van der Waals surface area contributed by atoms with Crippen molar-refractivity contribution in [3.63, 3.8) is 0 Å². The normalized spacial score (nSPS) is 9.92. The van der Waals surface area contributed by atoms with Crippen LogP contribution >= 0.6 is 34.8 Å². The van der Waals surface area contributed by atoms with E-state index in [4.69, 9.17) is 44.3 Å². The van der Waals surface area contributed by atoms with E-state index in [1.807, 2.05) is 0 Å². The Morgan fingerprint density at radius 2 is 1.46 bits per heavy atom. The maximum absolute atomic E-state index is 5.85. The van der Waals surface area contributed by atoms with Gasteiger partial charge in [-0.25, -0.2) is 0 Å². The highest BCUT2D eigenvalue weighted by atomic mass is 35.5. The van der Waals surface area contributed by atoms with Crippen molar-refractivity contribution < 1.29 is 9.47 Å². The maximum atomic E-state index is 5.85. The van der Waals surface area contributed by atoms with Crippen LogP contribution in [0.3, 0.4) is 0 Å². The summed E-state index contributed by atoms with van der Waals surface area (Å²) in [6.07, 6.45) is 0. The van der Waals surface area contributed by atoms with Crippen molar-refractivity contribution in [2.45, 2.75) is 0 Å². The summed E-state index contributed by atoms with van der Waals surface area (Å²) in [7, 11) is 2.95. The van der Waals surface area contributed by atoms with Crippen LogP contribution in [0.25, 0.3) is 0 Å². The SMILES string of the molecule is COc1c(Cl)cc(Cl)c(Cl)c1OC. The van der Waals surface area contributed by atoms with E-state index >= 15 is 0 Å². The Morgan fingerprint density at radius 3 is 1.92 bits per heavy atom. The Labute approximate surface area is 91.3 Å². The lowest BCUT2D eigenvalue weighted by molar-refractivity contribution is 0.355. The molecule has 1 rings (SSSR count). The van der Waals surface area contributed by atoms with Crippen molar-refractivity contribution in [2.75, 3.05) is 14.2 Å². The molecule has 2 nitrogen and oxygen atoms in total. The van der Waals surface area contributed by atoms with Crippen LogP contribution in [0.1, 0.15) is 0 Å². The molecule has 13 heavy (non-hydrogen) atoms. The van der Waals surface area contributed by atoms with Crippen molar-refractivity contribution in [1.82, 2.24) is 0 Å². The number of benzene rings is 1. The second-order valence-electron chi connectivity index (χ2n) is 2.22. The lowest BCUT2D eigenvalue weighted by atomic mass is 10.3. The fourth-order valence-electron chi connectivity index (χ4n) is 0.929. The zero-order chi connectivity index (χ0) is 10.0. The fourth-order valence-corrected chi connectivity index (χ4v) is 1.67. The van der Waals surface area contributed by atoms with Gasteiger partial charge in [0.05, 0.1) is 24.3 Å². The average molecular weight is 242 g/mol. The molecule has 0 bridgehead atoms. The highest BCUT2D eigenvalue weighted by molar-refractivity contribution is 6.44. The van der Waals surface area contributed by atoms with Crippen LogP contribution in [0.5, 0.6) is 11.5 Å². The minimum absolute atomic E-state index is 0.297. The number of ether oxygens (including phenoxy) is 2. The van der Waals surface area contributed by atoms with Gasteiger partial charge in [0.25, 0.3) is 0 Å². The Balaban J connectivity index is 3.41. The van der Waals surface area contributed by atoms with E-state index in [0.29, 0.717) is 26.6 Å². The van der Waals surface area contributed by atoms with Gasteiger partial charge in [-0.2, -0.15) is 0 Å². The molecule has 0 atom stereocenters. The van der Waals surface area contributed by atoms with Gasteiger partial charge < -0.3 is 9.47 Å². The molecule has 0 aliphatic rings. The van der Waals surface area contributed by atoms with Gasteiger partial charge in [0.1, 0.15) is 5.02 Å². The first-order chi connectivity index (χ1) is 6.11. The molecule has 0 saturated carbocycles. The zero-order valence-electron chi connectivity index (χ0n) is 7.03. The lowest BCUT2D eigenvalue weighted by Gasteiger charge is -2.11. The molecule has 0 heterocycles. The highest BCUT2D eigenvalue weighted by Gasteiger charge is 2.16. The van der Waals surface area contributed by atoms with Gasteiger partial charge in [-0.3, -0.25) is 0 Å². The first-order valence-corrected chi connectivity index (χ1v) is 4.50. The predicted octanol–water partition coefficient (Wildman–Crippen LogP) is 3.66. The molecule has 0 spiro atoms. The van der Waals surface area contributed by atoms with E-state index in [2.05, 4.69) is 0 Å². The Morgan fingerprint density at radius 1 is 0.923 bits per heavy atom. The van der Waals surface area contributed by atoms with E-state index in [0.717, 1.165) is 0 Å². The van der Waals surface area contributed by atoms with Gasteiger partial charge >= 0.3 is 0 Å². The summed E-state index contributed by atoms with van der Waals surface area (Å²) >= 11 is 17.5. The molecular formula is C8H7Cl3O2. The monoisotopic (exact) mass is 240 g/mol. The van der Waals surface area contributed by atoms with Crippen LogP contribution in [0.2, 0.25) is 15.1 Å². The molecule has 0 aromatic heterocycles. The molecule has 1 aromatic carbocycles. The quantitative estimate of drug-likeness (QED) is 0.736. The molecule has 0 amide bonds. The summed E-state index contributed by atoms with van der Waals surface area (Å²) in [6.45, 7) is 0. The topological polar surface area (TPSA) is 18.5 Å². The van der Waals surface area contributed by atoms with Crippen LogP contribution in [0, 0.1) is 0 Å². The summed E-state index contributed by atoms with van der Waals surface area (Å²) in [6, 6.07) is 1.51. The molecule has 5 heteroatoms. The van der Waals surface area contributed by atoms with Crippen LogP contribution in [0.4, 0.5) is 0 Å². The molecule has 1 aromatic rings. The fraction of sp³-hybridized carbons (Fsp3) is 0.250. The molecule has 0 unspecified atom stereocenters. The van der Waals surface area contributed by atoms with E-state index in [1.54, 1.807) is 0 Å². The second kappa shape index (κ2) is 4.27. The van der Waals surface area contributed by atoms with Crippen LogP contribution in [0.15, 0.2) is 6.07 Å². The Bertz CT molecular complexity index is 326. The van der Waals surface area contributed by atoms with Crippen molar-refractivity contribution in [3.05, 3.63) is 21.1 Å². The van der Waals surface area contributed by atoms with E-state index in [-0.39, 0.29) is 0 Å². The number of hydrogen-bond donors (Lipinski definition) is 0. The number of halogens is 3. The van der Waals surface area contributed by atoms with E-state index in [1.165, 1.54) is 20.3 Å². The van der Waals surface area contributed by atoms with Gasteiger partial charge in [-0.05, 0) is 6.07 Å². The first-order valence-electron chi connectivity index (χ1n) is 3.37. The second-order valence-corrected chi connectivity index (χ2v) is 3.41. The maximum Gasteiger partial charge on any atom is 0.182 e. The molecular weight excluding hydrogens is 234 g/mol. The first kappa shape index (κ1) is 10.8. The van der Waals surface area contributed by atoms with Crippen LogP contribution in [-0.4, -0.2) is 14.2 Å². The molecule has 0 aliphatic carbocycles. The largest absolute Gasteiger partial charge is 0.491 e. The summed E-state index contributed by atoms with van der Waals surface area (Å²) in [4.78, 5) is 0. The third-order valence-corrected chi connectivity index (χ3v) is 2.54. The van der Waals surface area contributed by atoms with Crippen molar-refractivity contribution in [3.8, 4) is 11.5 Å². The van der Waals surface area contributed by atoms with E-state index < -0.39 is 0 Å². The minimum atomic E-state index is 0.297. The Hall–Kier alpha value is -0.310. The van der Waals surface area contributed by atoms with Gasteiger partial charge in [0.2, 0.25) is 0 Å².